The number of benzene rings is 1. The molecule has 3 rings (SSSR count). The minimum absolute atomic E-state index is 0.503. The molecular formula is C26H38N6. The summed E-state index contributed by atoms with van der Waals surface area (Å²) < 4.78 is 0. The summed E-state index contributed by atoms with van der Waals surface area (Å²) in [5.41, 5.74) is 3.56. The Morgan fingerprint density at radius 3 is 2.84 bits per heavy atom. The molecule has 1 unspecified atom stereocenters. The van der Waals surface area contributed by atoms with Gasteiger partial charge in [-0.15, -0.1) is 0 Å². The van der Waals surface area contributed by atoms with E-state index in [-0.39, 0.29) is 0 Å². The van der Waals surface area contributed by atoms with Crippen LogP contribution in [0.2, 0.25) is 0 Å². The van der Waals surface area contributed by atoms with Crippen LogP contribution in [0.25, 0.3) is 0 Å². The molecule has 172 valence electrons. The van der Waals surface area contributed by atoms with Gasteiger partial charge >= 0.3 is 0 Å². The molecule has 32 heavy (non-hydrogen) atoms. The zero-order chi connectivity index (χ0) is 22.9. The maximum atomic E-state index is 9.36. The Bertz CT molecular complexity index is 917. The number of nitrogens with one attached hydrogen (secondary N) is 2. The first-order valence-electron chi connectivity index (χ1n) is 12.1. The van der Waals surface area contributed by atoms with Crippen LogP contribution in [0.1, 0.15) is 69.7 Å². The molecule has 6 heteroatoms. The second-order valence-electron chi connectivity index (χ2n) is 9.33. The first-order valence-corrected chi connectivity index (χ1v) is 12.1. The lowest BCUT2D eigenvalue weighted by Crippen LogP contribution is -2.46. The van der Waals surface area contributed by atoms with Crippen molar-refractivity contribution in [2.24, 2.45) is 5.92 Å². The zero-order valence-electron chi connectivity index (χ0n) is 20.1. The monoisotopic (exact) mass is 434 g/mol. The van der Waals surface area contributed by atoms with Gasteiger partial charge in [0.05, 0.1) is 11.6 Å². The van der Waals surface area contributed by atoms with Crippen LogP contribution in [0.5, 0.6) is 0 Å². The molecule has 2 heterocycles. The molecule has 0 radical (unpaired) electrons. The summed E-state index contributed by atoms with van der Waals surface area (Å²) in [5, 5.41) is 16.4. The van der Waals surface area contributed by atoms with Crippen molar-refractivity contribution in [3.8, 4) is 6.07 Å². The van der Waals surface area contributed by atoms with Gasteiger partial charge in [-0.2, -0.15) is 10.2 Å². The normalized spacial score (nSPS) is 16.2. The highest BCUT2D eigenvalue weighted by atomic mass is 15.2. The SMILES string of the molecule is CCCCc1cc(N2CCCC(NCCC(C)C)C2)nc(Nc2ccc(C)c(C#N)c2)n1. The van der Waals surface area contributed by atoms with Gasteiger partial charge in [0, 0.05) is 36.6 Å². The van der Waals surface area contributed by atoms with Crippen LogP contribution < -0.4 is 15.5 Å². The van der Waals surface area contributed by atoms with E-state index in [1.807, 2.05) is 25.1 Å². The van der Waals surface area contributed by atoms with E-state index in [4.69, 9.17) is 9.97 Å². The van der Waals surface area contributed by atoms with Gasteiger partial charge in [0.25, 0.3) is 0 Å². The van der Waals surface area contributed by atoms with Gasteiger partial charge in [-0.3, -0.25) is 0 Å². The third-order valence-corrected chi connectivity index (χ3v) is 6.07. The number of anilines is 3. The van der Waals surface area contributed by atoms with Gasteiger partial charge in [0.1, 0.15) is 5.82 Å². The lowest BCUT2D eigenvalue weighted by Gasteiger charge is -2.34. The average Bonchev–Trinajstić information content (AvgIpc) is 2.79. The maximum absolute atomic E-state index is 9.36. The highest BCUT2D eigenvalue weighted by molar-refractivity contribution is 5.59. The second kappa shape index (κ2) is 11.8. The molecule has 0 amide bonds. The molecule has 0 aliphatic carbocycles. The standard InChI is InChI=1S/C26H38N6/c1-5-6-8-22-16-25(32-14-7-9-24(18-32)28-13-12-19(2)3)31-26(29-22)30-23-11-10-20(4)21(15-23)17-27/h10-11,15-16,19,24,28H,5-9,12-14,18H2,1-4H3,(H,29,30,31). The molecular weight excluding hydrogens is 396 g/mol. The van der Waals surface area contributed by atoms with E-state index in [2.05, 4.69) is 48.4 Å². The first-order chi connectivity index (χ1) is 15.5. The first kappa shape index (κ1) is 24.0. The van der Waals surface area contributed by atoms with Crippen molar-refractivity contribution < 1.29 is 0 Å². The number of aryl methyl sites for hydroxylation is 2. The van der Waals surface area contributed by atoms with Gasteiger partial charge in [-0.1, -0.05) is 33.3 Å². The maximum Gasteiger partial charge on any atom is 0.229 e. The Kier molecular flexibility index (Phi) is 8.87. The van der Waals surface area contributed by atoms with Gasteiger partial charge in [-0.05, 0) is 69.2 Å². The lowest BCUT2D eigenvalue weighted by atomic mass is 10.0. The second-order valence-corrected chi connectivity index (χ2v) is 9.33. The predicted molar refractivity (Wildman–Crippen MR) is 133 cm³/mol. The highest BCUT2D eigenvalue weighted by Crippen LogP contribution is 2.24. The van der Waals surface area contributed by atoms with Crippen molar-refractivity contribution in [2.45, 2.75) is 72.3 Å². The van der Waals surface area contributed by atoms with Crippen molar-refractivity contribution in [2.75, 3.05) is 29.9 Å². The van der Waals surface area contributed by atoms with Gasteiger partial charge in [-0.25, -0.2) is 4.98 Å². The summed E-state index contributed by atoms with van der Waals surface area (Å²) in [5.74, 6) is 2.33. The Morgan fingerprint density at radius 1 is 1.25 bits per heavy atom. The third kappa shape index (κ3) is 6.93. The summed E-state index contributed by atoms with van der Waals surface area (Å²) in [7, 11) is 0. The predicted octanol–water partition coefficient (Wildman–Crippen LogP) is 5.35. The number of nitriles is 1. The number of aromatic nitrogens is 2. The average molecular weight is 435 g/mol. The Balaban J connectivity index is 1.78. The molecule has 2 aromatic rings. The van der Waals surface area contributed by atoms with Crippen LogP contribution in [0.4, 0.5) is 17.5 Å². The molecule has 1 aliphatic heterocycles. The number of hydrogen-bond acceptors (Lipinski definition) is 6. The third-order valence-electron chi connectivity index (χ3n) is 6.07. The number of rotatable bonds is 10. The largest absolute Gasteiger partial charge is 0.355 e. The molecule has 1 saturated heterocycles. The molecule has 1 atom stereocenters. The molecule has 0 bridgehead atoms. The summed E-state index contributed by atoms with van der Waals surface area (Å²) in [4.78, 5) is 12.1. The number of nitrogens with zero attached hydrogens (tertiary/aromatic N) is 4. The van der Waals surface area contributed by atoms with Crippen molar-refractivity contribution in [3.63, 3.8) is 0 Å². The van der Waals surface area contributed by atoms with Crippen LogP contribution in [0.15, 0.2) is 24.3 Å². The minimum atomic E-state index is 0.503. The van der Waals surface area contributed by atoms with E-state index in [1.165, 1.54) is 19.3 Å². The van der Waals surface area contributed by atoms with E-state index in [1.54, 1.807) is 0 Å². The van der Waals surface area contributed by atoms with Crippen LogP contribution in [0.3, 0.4) is 0 Å². The molecule has 0 spiro atoms. The fourth-order valence-corrected chi connectivity index (χ4v) is 4.06. The van der Waals surface area contributed by atoms with E-state index in [0.717, 1.165) is 67.6 Å². The summed E-state index contributed by atoms with van der Waals surface area (Å²) in [6, 6.07) is 10.7. The van der Waals surface area contributed by atoms with Crippen LogP contribution in [-0.4, -0.2) is 35.6 Å². The zero-order valence-corrected chi connectivity index (χ0v) is 20.1. The smallest absolute Gasteiger partial charge is 0.229 e. The minimum Gasteiger partial charge on any atom is -0.355 e. The van der Waals surface area contributed by atoms with Crippen molar-refractivity contribution in [1.29, 1.82) is 5.26 Å². The number of unbranched alkanes of at least 4 members (excludes halogenated alkanes) is 1. The Hall–Kier alpha value is -2.65. The van der Waals surface area contributed by atoms with E-state index < -0.39 is 0 Å². The highest BCUT2D eigenvalue weighted by Gasteiger charge is 2.21. The van der Waals surface area contributed by atoms with Crippen LogP contribution in [0, 0.1) is 24.2 Å². The number of hydrogen-bond donors (Lipinski definition) is 2. The quantitative estimate of drug-likeness (QED) is 0.525. The molecule has 1 fully saturated rings. The molecule has 1 aromatic carbocycles. The lowest BCUT2D eigenvalue weighted by molar-refractivity contribution is 0.404. The van der Waals surface area contributed by atoms with E-state index in [0.29, 0.717) is 17.6 Å². The Labute approximate surface area is 193 Å². The van der Waals surface area contributed by atoms with Crippen LogP contribution >= 0.6 is 0 Å². The molecule has 6 nitrogen and oxygen atoms in total. The summed E-state index contributed by atoms with van der Waals surface area (Å²) in [6.07, 6.45) is 6.78. The molecule has 1 aliphatic rings. The van der Waals surface area contributed by atoms with Gasteiger partial charge in [0.2, 0.25) is 5.95 Å². The fraction of sp³-hybridized carbons (Fsp3) is 0.577. The molecule has 2 N–H and O–H groups in total. The fourth-order valence-electron chi connectivity index (χ4n) is 4.06. The van der Waals surface area contributed by atoms with E-state index in [9.17, 15) is 5.26 Å². The van der Waals surface area contributed by atoms with E-state index >= 15 is 0 Å². The van der Waals surface area contributed by atoms with Crippen molar-refractivity contribution in [3.05, 3.63) is 41.1 Å². The van der Waals surface area contributed by atoms with Crippen LogP contribution in [-0.2, 0) is 6.42 Å². The van der Waals surface area contributed by atoms with Gasteiger partial charge in [0.15, 0.2) is 0 Å². The molecule has 0 saturated carbocycles. The summed E-state index contributed by atoms with van der Waals surface area (Å²) in [6.45, 7) is 11.8. The van der Waals surface area contributed by atoms with Crippen molar-refractivity contribution >= 4 is 17.5 Å². The van der Waals surface area contributed by atoms with Crippen molar-refractivity contribution in [1.82, 2.24) is 15.3 Å². The Morgan fingerprint density at radius 2 is 2.09 bits per heavy atom. The summed E-state index contributed by atoms with van der Waals surface area (Å²) >= 11 is 0. The topological polar surface area (TPSA) is 76.9 Å². The molecule has 1 aromatic heterocycles. The number of piperidine rings is 1. The van der Waals surface area contributed by atoms with Gasteiger partial charge < -0.3 is 15.5 Å².